The fourth-order valence-electron chi connectivity index (χ4n) is 10.8. The monoisotopic (exact) mass is 424 g/mol. The second-order valence-electron chi connectivity index (χ2n) is 14.5. The van der Waals surface area contributed by atoms with Crippen molar-refractivity contribution in [1.29, 1.82) is 0 Å². The van der Waals surface area contributed by atoms with Crippen LogP contribution in [0.5, 0.6) is 0 Å². The van der Waals surface area contributed by atoms with Crippen molar-refractivity contribution in [3.05, 3.63) is 11.6 Å². The van der Waals surface area contributed by atoms with Crippen molar-refractivity contribution in [3.63, 3.8) is 0 Å². The normalized spacial score (nSPS) is 53.3. The summed E-state index contributed by atoms with van der Waals surface area (Å²) in [5, 5.41) is 0. The topological polar surface area (TPSA) is 17.1 Å². The highest BCUT2D eigenvalue weighted by Gasteiger charge is 2.68. The van der Waals surface area contributed by atoms with Crippen LogP contribution in [0.15, 0.2) is 11.6 Å². The lowest BCUT2D eigenvalue weighted by Crippen LogP contribution is -2.62. The van der Waals surface area contributed by atoms with E-state index in [1.165, 1.54) is 44.9 Å². The Labute approximate surface area is 192 Å². The van der Waals surface area contributed by atoms with E-state index in [9.17, 15) is 4.79 Å². The fourth-order valence-corrected chi connectivity index (χ4v) is 10.8. The average Bonchev–Trinajstić information content (AvgIpc) is 3.06. The van der Waals surface area contributed by atoms with E-state index in [4.69, 9.17) is 0 Å². The van der Waals surface area contributed by atoms with Crippen molar-refractivity contribution in [2.75, 3.05) is 0 Å². The Bertz CT molecular complexity index is 818. The summed E-state index contributed by atoms with van der Waals surface area (Å²) in [7, 11) is 0. The number of fused-ring (bicyclic) bond motifs is 7. The molecule has 31 heavy (non-hydrogen) atoms. The predicted octanol–water partition coefficient (Wildman–Crippen LogP) is 8.23. The quantitative estimate of drug-likeness (QED) is 0.387. The molecule has 5 aliphatic carbocycles. The number of rotatable bonds is 1. The fraction of sp³-hybridized carbons (Fsp3) is 0.900. The average molecular weight is 425 g/mol. The Balaban J connectivity index is 1.60. The maximum absolute atomic E-state index is 12.9. The lowest BCUT2D eigenvalue weighted by molar-refractivity contribution is -0.164. The smallest absolute Gasteiger partial charge is 0.138 e. The van der Waals surface area contributed by atoms with Gasteiger partial charge in [0.2, 0.25) is 0 Å². The van der Waals surface area contributed by atoms with Gasteiger partial charge < -0.3 is 0 Å². The number of carbonyl (C=O) groups is 1. The van der Waals surface area contributed by atoms with Gasteiger partial charge in [0.05, 0.1) is 0 Å². The minimum Gasteiger partial charge on any atom is -0.299 e. The van der Waals surface area contributed by atoms with E-state index in [1.807, 2.05) is 0 Å². The van der Waals surface area contributed by atoms with Crippen molar-refractivity contribution in [1.82, 2.24) is 0 Å². The molecular weight excluding hydrogens is 376 g/mol. The molecule has 0 saturated heterocycles. The van der Waals surface area contributed by atoms with Crippen molar-refractivity contribution in [2.45, 2.75) is 113 Å². The highest BCUT2D eigenvalue weighted by molar-refractivity contribution is 5.85. The first kappa shape index (κ1) is 22.2. The zero-order chi connectivity index (χ0) is 22.6. The van der Waals surface area contributed by atoms with Gasteiger partial charge in [-0.15, -0.1) is 0 Å². The van der Waals surface area contributed by atoms with Gasteiger partial charge in [0, 0.05) is 11.8 Å². The van der Waals surface area contributed by atoms with Gasteiger partial charge in [0.25, 0.3) is 0 Å². The summed E-state index contributed by atoms with van der Waals surface area (Å²) in [4.78, 5) is 12.9. The summed E-state index contributed by atoms with van der Waals surface area (Å²) in [6.45, 7) is 20.1. The SMILES string of the molecule is CC(C)C1CC[C@@]2(C)CC[C@@]3(C)[C@@H]4CC[C@H]5C(C)(C)C(=O)CC[C@]5(C)C4=CC[C@]3(C)[C@@H]12. The number of allylic oxidation sites excluding steroid dienone is 2. The molecule has 0 aromatic heterocycles. The van der Waals surface area contributed by atoms with E-state index in [0.717, 1.165) is 36.5 Å². The predicted molar refractivity (Wildman–Crippen MR) is 130 cm³/mol. The highest BCUT2D eigenvalue weighted by Crippen LogP contribution is 2.76. The molecule has 1 nitrogen and oxygen atoms in total. The molecule has 0 bridgehead atoms. The van der Waals surface area contributed by atoms with E-state index in [2.05, 4.69) is 61.5 Å². The van der Waals surface area contributed by atoms with Gasteiger partial charge in [0.1, 0.15) is 5.78 Å². The van der Waals surface area contributed by atoms with E-state index < -0.39 is 0 Å². The lowest BCUT2D eigenvalue weighted by atomic mass is 9.35. The van der Waals surface area contributed by atoms with Gasteiger partial charge >= 0.3 is 0 Å². The van der Waals surface area contributed by atoms with Crippen molar-refractivity contribution < 1.29 is 4.79 Å². The summed E-state index contributed by atoms with van der Waals surface area (Å²) in [5.74, 6) is 4.33. The summed E-state index contributed by atoms with van der Waals surface area (Å²) in [6.07, 6.45) is 14.2. The zero-order valence-electron chi connectivity index (χ0n) is 21.7. The van der Waals surface area contributed by atoms with Crippen molar-refractivity contribution in [3.8, 4) is 0 Å². The number of hydrogen-bond acceptors (Lipinski definition) is 1. The Morgan fingerprint density at radius 1 is 0.871 bits per heavy atom. The molecule has 8 atom stereocenters. The molecule has 4 fully saturated rings. The molecule has 0 spiro atoms. The van der Waals surface area contributed by atoms with Gasteiger partial charge in [-0.05, 0) is 103 Å². The van der Waals surface area contributed by atoms with Crippen LogP contribution in [0.1, 0.15) is 113 Å². The summed E-state index contributed by atoms with van der Waals surface area (Å²) in [6, 6.07) is 0. The van der Waals surface area contributed by atoms with Crippen LogP contribution in [0.4, 0.5) is 0 Å². The third-order valence-corrected chi connectivity index (χ3v) is 12.8. The van der Waals surface area contributed by atoms with Gasteiger partial charge in [-0.3, -0.25) is 4.79 Å². The van der Waals surface area contributed by atoms with E-state index >= 15 is 0 Å². The first-order valence-electron chi connectivity index (χ1n) is 13.6. The molecule has 5 rings (SSSR count). The van der Waals surface area contributed by atoms with Gasteiger partial charge in [-0.2, -0.15) is 0 Å². The summed E-state index contributed by atoms with van der Waals surface area (Å²) in [5.41, 5.74) is 3.25. The molecule has 174 valence electrons. The molecule has 4 saturated carbocycles. The molecule has 0 heterocycles. The Hall–Kier alpha value is -0.590. The second kappa shape index (κ2) is 6.50. The minimum absolute atomic E-state index is 0.153. The molecule has 1 unspecified atom stereocenters. The van der Waals surface area contributed by atoms with Crippen LogP contribution in [0.25, 0.3) is 0 Å². The van der Waals surface area contributed by atoms with Crippen LogP contribution in [0, 0.1) is 56.7 Å². The molecule has 0 amide bonds. The van der Waals surface area contributed by atoms with E-state index in [-0.39, 0.29) is 10.8 Å². The maximum atomic E-state index is 12.9. The van der Waals surface area contributed by atoms with Gasteiger partial charge in [0.15, 0.2) is 0 Å². The number of Topliss-reactive ketones (excluding diaryl/α,β-unsaturated/α-hetero) is 1. The van der Waals surface area contributed by atoms with Crippen molar-refractivity contribution >= 4 is 5.78 Å². The second-order valence-corrected chi connectivity index (χ2v) is 14.5. The molecular formula is C30H48O. The number of hydrogen-bond donors (Lipinski definition) is 0. The Morgan fingerprint density at radius 3 is 2.26 bits per heavy atom. The third-order valence-electron chi connectivity index (χ3n) is 12.8. The Morgan fingerprint density at radius 2 is 1.58 bits per heavy atom. The largest absolute Gasteiger partial charge is 0.299 e. The minimum atomic E-state index is -0.153. The summed E-state index contributed by atoms with van der Waals surface area (Å²) >= 11 is 0. The standard InChI is InChI=1S/C30H48O/c1-19(2)20-11-14-27(5)17-18-29(7)22-9-10-23-26(3,4)24(31)13-15-28(23,6)21(22)12-16-30(29,8)25(20)27/h12,19-20,22-23,25H,9-11,13-18H2,1-8H3/t20?,22-,23+,25+,27+,28-,29+,30-/m1/s1. The van der Waals surface area contributed by atoms with Crippen molar-refractivity contribution in [2.24, 2.45) is 56.7 Å². The molecule has 0 radical (unpaired) electrons. The zero-order valence-corrected chi connectivity index (χ0v) is 21.7. The van der Waals surface area contributed by atoms with Crippen LogP contribution in [0.2, 0.25) is 0 Å². The van der Waals surface area contributed by atoms with Crippen LogP contribution >= 0.6 is 0 Å². The number of carbonyl (C=O) groups excluding carboxylic acids is 1. The number of ketones is 1. The Kier molecular flexibility index (Phi) is 4.66. The first-order chi connectivity index (χ1) is 14.3. The van der Waals surface area contributed by atoms with E-state index in [0.29, 0.717) is 27.9 Å². The lowest BCUT2D eigenvalue weighted by Gasteiger charge is -2.69. The molecule has 0 aliphatic heterocycles. The molecule has 0 aromatic carbocycles. The summed E-state index contributed by atoms with van der Waals surface area (Å²) < 4.78 is 0. The van der Waals surface area contributed by atoms with Crippen LogP contribution in [-0.4, -0.2) is 5.78 Å². The highest BCUT2D eigenvalue weighted by atomic mass is 16.1. The van der Waals surface area contributed by atoms with E-state index in [1.54, 1.807) is 5.57 Å². The van der Waals surface area contributed by atoms with Crippen LogP contribution in [-0.2, 0) is 4.79 Å². The molecule has 5 aliphatic rings. The van der Waals surface area contributed by atoms with Crippen LogP contribution < -0.4 is 0 Å². The van der Waals surface area contributed by atoms with Gasteiger partial charge in [-0.1, -0.05) is 67.0 Å². The molecule has 1 heteroatoms. The van der Waals surface area contributed by atoms with Gasteiger partial charge in [-0.25, -0.2) is 0 Å². The molecule has 0 aromatic rings. The molecule has 0 N–H and O–H groups in total. The maximum Gasteiger partial charge on any atom is 0.138 e. The first-order valence-corrected chi connectivity index (χ1v) is 13.6. The van der Waals surface area contributed by atoms with Crippen LogP contribution in [0.3, 0.4) is 0 Å². The third kappa shape index (κ3) is 2.59.